The minimum Gasteiger partial charge on any atom is -0.379 e. The SMILES string of the molecule is N#Cc1ccc(NCCC(N)=O)c([N+](=O)[O-])c1. The van der Waals surface area contributed by atoms with Crippen LogP contribution >= 0.6 is 0 Å². The molecule has 0 aliphatic rings. The average molecular weight is 234 g/mol. The molecule has 1 rings (SSSR count). The van der Waals surface area contributed by atoms with E-state index in [1.807, 2.05) is 6.07 Å². The molecule has 0 heterocycles. The van der Waals surface area contributed by atoms with Gasteiger partial charge in [0, 0.05) is 19.0 Å². The van der Waals surface area contributed by atoms with E-state index >= 15 is 0 Å². The highest BCUT2D eigenvalue weighted by atomic mass is 16.6. The summed E-state index contributed by atoms with van der Waals surface area (Å²) in [5, 5.41) is 22.1. The Balaban J connectivity index is 2.88. The fourth-order valence-corrected chi connectivity index (χ4v) is 1.22. The largest absolute Gasteiger partial charge is 0.379 e. The van der Waals surface area contributed by atoms with Gasteiger partial charge in [0.2, 0.25) is 5.91 Å². The molecule has 17 heavy (non-hydrogen) atoms. The molecule has 1 amide bonds. The number of anilines is 1. The number of rotatable bonds is 5. The summed E-state index contributed by atoms with van der Waals surface area (Å²) in [6.45, 7) is 0.210. The molecule has 0 aliphatic carbocycles. The van der Waals surface area contributed by atoms with Crippen molar-refractivity contribution in [3.63, 3.8) is 0 Å². The highest BCUT2D eigenvalue weighted by Crippen LogP contribution is 2.25. The second-order valence-corrected chi connectivity index (χ2v) is 3.24. The number of benzene rings is 1. The van der Waals surface area contributed by atoms with Gasteiger partial charge in [-0.3, -0.25) is 14.9 Å². The van der Waals surface area contributed by atoms with Crippen LogP contribution in [0.1, 0.15) is 12.0 Å². The van der Waals surface area contributed by atoms with Crippen LogP contribution in [-0.2, 0) is 4.79 Å². The number of nitriles is 1. The predicted octanol–water partition coefficient (Wildman–Crippen LogP) is 0.754. The Hall–Kier alpha value is -2.62. The molecule has 0 bridgehead atoms. The monoisotopic (exact) mass is 234 g/mol. The normalized spacial score (nSPS) is 9.35. The van der Waals surface area contributed by atoms with Crippen LogP contribution in [0.15, 0.2) is 18.2 Å². The predicted molar refractivity (Wildman–Crippen MR) is 60.1 cm³/mol. The average Bonchev–Trinajstić information content (AvgIpc) is 2.28. The van der Waals surface area contributed by atoms with Crippen LogP contribution < -0.4 is 11.1 Å². The van der Waals surface area contributed by atoms with E-state index in [0.29, 0.717) is 0 Å². The van der Waals surface area contributed by atoms with Crippen LogP contribution in [0.5, 0.6) is 0 Å². The van der Waals surface area contributed by atoms with Crippen molar-refractivity contribution in [1.29, 1.82) is 5.26 Å². The summed E-state index contributed by atoms with van der Waals surface area (Å²) in [4.78, 5) is 20.7. The Labute approximate surface area is 97.0 Å². The lowest BCUT2D eigenvalue weighted by atomic mass is 10.2. The third-order valence-corrected chi connectivity index (χ3v) is 2.01. The van der Waals surface area contributed by atoms with E-state index in [4.69, 9.17) is 11.0 Å². The lowest BCUT2D eigenvalue weighted by molar-refractivity contribution is -0.384. The van der Waals surface area contributed by atoms with Gasteiger partial charge in [-0.2, -0.15) is 5.26 Å². The first kappa shape index (κ1) is 12.4. The first-order valence-electron chi connectivity index (χ1n) is 4.75. The quantitative estimate of drug-likeness (QED) is 0.575. The van der Waals surface area contributed by atoms with Gasteiger partial charge in [0.05, 0.1) is 16.6 Å². The summed E-state index contributed by atoms with van der Waals surface area (Å²) < 4.78 is 0. The molecule has 0 saturated heterocycles. The lowest BCUT2D eigenvalue weighted by Crippen LogP contribution is -2.16. The number of hydrogen-bond donors (Lipinski definition) is 2. The summed E-state index contributed by atoms with van der Waals surface area (Å²) in [5.74, 6) is -0.492. The molecule has 88 valence electrons. The molecule has 0 fully saturated rings. The van der Waals surface area contributed by atoms with Gasteiger partial charge in [-0.1, -0.05) is 0 Å². The zero-order valence-electron chi connectivity index (χ0n) is 8.84. The number of amides is 1. The van der Waals surface area contributed by atoms with Crippen molar-refractivity contribution >= 4 is 17.3 Å². The standard InChI is InChI=1S/C10H10N4O3/c11-6-7-1-2-8(9(5-7)14(16)17)13-4-3-10(12)15/h1-2,5,13H,3-4H2,(H2,12,15). The fourth-order valence-electron chi connectivity index (χ4n) is 1.22. The molecule has 0 aliphatic heterocycles. The highest BCUT2D eigenvalue weighted by molar-refractivity contribution is 5.74. The first-order valence-corrected chi connectivity index (χ1v) is 4.75. The van der Waals surface area contributed by atoms with E-state index < -0.39 is 10.8 Å². The molecule has 3 N–H and O–H groups in total. The summed E-state index contributed by atoms with van der Waals surface area (Å²) in [6.07, 6.45) is 0.0805. The molecule has 7 heteroatoms. The van der Waals surface area contributed by atoms with Crippen molar-refractivity contribution < 1.29 is 9.72 Å². The van der Waals surface area contributed by atoms with Crippen LogP contribution in [0.4, 0.5) is 11.4 Å². The van der Waals surface area contributed by atoms with Crippen molar-refractivity contribution in [2.75, 3.05) is 11.9 Å². The van der Waals surface area contributed by atoms with Crippen molar-refractivity contribution in [3.8, 4) is 6.07 Å². The first-order chi connectivity index (χ1) is 8.04. The smallest absolute Gasteiger partial charge is 0.293 e. The zero-order chi connectivity index (χ0) is 12.8. The molecule has 0 saturated carbocycles. The van der Waals surface area contributed by atoms with Crippen molar-refractivity contribution in [1.82, 2.24) is 0 Å². The third kappa shape index (κ3) is 3.46. The second-order valence-electron chi connectivity index (χ2n) is 3.24. The number of nitrogens with two attached hydrogens (primary N) is 1. The van der Waals surface area contributed by atoms with E-state index in [0.717, 1.165) is 0 Å². The van der Waals surface area contributed by atoms with Crippen LogP contribution in [0.3, 0.4) is 0 Å². The van der Waals surface area contributed by atoms with Crippen LogP contribution in [-0.4, -0.2) is 17.4 Å². The van der Waals surface area contributed by atoms with Gasteiger partial charge < -0.3 is 11.1 Å². The lowest BCUT2D eigenvalue weighted by Gasteiger charge is -2.05. The number of nitro groups is 1. The Morgan fingerprint density at radius 1 is 1.59 bits per heavy atom. The summed E-state index contributed by atoms with van der Waals surface area (Å²) in [7, 11) is 0. The van der Waals surface area contributed by atoms with Crippen molar-refractivity contribution in [2.45, 2.75) is 6.42 Å². The maximum Gasteiger partial charge on any atom is 0.293 e. The van der Waals surface area contributed by atoms with Crippen LogP contribution in [0.2, 0.25) is 0 Å². The Morgan fingerprint density at radius 2 is 2.29 bits per heavy atom. The number of carbonyl (C=O) groups excluding carboxylic acids is 1. The van der Waals surface area contributed by atoms with Gasteiger partial charge in [-0.15, -0.1) is 0 Å². The fraction of sp³-hybridized carbons (Fsp3) is 0.200. The Kier molecular flexibility index (Phi) is 4.00. The van der Waals surface area contributed by atoms with E-state index in [1.54, 1.807) is 0 Å². The van der Waals surface area contributed by atoms with Gasteiger partial charge >= 0.3 is 0 Å². The van der Waals surface area contributed by atoms with E-state index in [-0.39, 0.29) is 29.9 Å². The minimum atomic E-state index is -0.590. The Bertz CT molecular complexity index is 493. The molecule has 7 nitrogen and oxygen atoms in total. The van der Waals surface area contributed by atoms with E-state index in [2.05, 4.69) is 5.32 Å². The molecular weight excluding hydrogens is 224 g/mol. The maximum absolute atomic E-state index is 10.8. The molecule has 0 unspecified atom stereocenters. The number of nitrogens with zero attached hydrogens (tertiary/aromatic N) is 2. The number of hydrogen-bond acceptors (Lipinski definition) is 5. The Morgan fingerprint density at radius 3 is 2.82 bits per heavy atom. The highest BCUT2D eigenvalue weighted by Gasteiger charge is 2.14. The number of carbonyl (C=O) groups is 1. The molecule has 1 aromatic rings. The van der Waals surface area contributed by atoms with Gasteiger partial charge in [0.1, 0.15) is 5.69 Å². The number of nitro benzene ring substituents is 1. The molecule has 0 radical (unpaired) electrons. The van der Waals surface area contributed by atoms with Crippen LogP contribution in [0, 0.1) is 21.4 Å². The zero-order valence-corrected chi connectivity index (χ0v) is 8.84. The van der Waals surface area contributed by atoms with E-state index in [1.165, 1.54) is 18.2 Å². The van der Waals surface area contributed by atoms with Crippen molar-refractivity contribution in [3.05, 3.63) is 33.9 Å². The topological polar surface area (TPSA) is 122 Å². The van der Waals surface area contributed by atoms with Crippen LogP contribution in [0.25, 0.3) is 0 Å². The molecule has 1 aromatic carbocycles. The number of primary amides is 1. The number of nitrogens with one attached hydrogen (secondary N) is 1. The van der Waals surface area contributed by atoms with Gasteiger partial charge in [0.15, 0.2) is 0 Å². The second kappa shape index (κ2) is 5.46. The summed E-state index contributed by atoms with van der Waals surface area (Å²) in [6, 6.07) is 5.88. The van der Waals surface area contributed by atoms with Crippen molar-refractivity contribution in [2.24, 2.45) is 5.73 Å². The van der Waals surface area contributed by atoms with Gasteiger partial charge in [0.25, 0.3) is 5.69 Å². The molecule has 0 atom stereocenters. The van der Waals surface area contributed by atoms with Gasteiger partial charge in [-0.05, 0) is 12.1 Å². The minimum absolute atomic E-state index is 0.0805. The third-order valence-electron chi connectivity index (χ3n) is 2.01. The van der Waals surface area contributed by atoms with E-state index in [9.17, 15) is 14.9 Å². The molecule has 0 aromatic heterocycles. The maximum atomic E-state index is 10.8. The van der Waals surface area contributed by atoms with Gasteiger partial charge in [-0.25, -0.2) is 0 Å². The summed E-state index contributed by atoms with van der Waals surface area (Å²) >= 11 is 0. The molecule has 0 spiro atoms. The summed E-state index contributed by atoms with van der Waals surface area (Å²) in [5.41, 5.74) is 5.21. The molecular formula is C10H10N4O3.